The van der Waals surface area contributed by atoms with Gasteiger partial charge in [0.2, 0.25) is 0 Å². The Morgan fingerprint density at radius 3 is 2.57 bits per heavy atom. The standard InChI is InChI=1S/C15H10F2N2O2/c16-12-3-1-9(5-11(12)7-18)8-21-15(20)10-2-4-13(17)14(19)6-10/h1-6H,8,19H2. The summed E-state index contributed by atoms with van der Waals surface area (Å²) < 4.78 is 31.1. The zero-order valence-electron chi connectivity index (χ0n) is 10.8. The average molecular weight is 288 g/mol. The number of esters is 1. The van der Waals surface area contributed by atoms with E-state index in [1.165, 1.54) is 24.3 Å². The van der Waals surface area contributed by atoms with E-state index in [1.807, 2.05) is 0 Å². The third-order valence-electron chi connectivity index (χ3n) is 2.75. The van der Waals surface area contributed by atoms with Crippen molar-refractivity contribution in [2.24, 2.45) is 0 Å². The molecule has 4 nitrogen and oxygen atoms in total. The van der Waals surface area contributed by atoms with Crippen LogP contribution in [0.3, 0.4) is 0 Å². The minimum Gasteiger partial charge on any atom is -0.457 e. The Bertz CT molecular complexity index is 739. The fraction of sp³-hybridized carbons (Fsp3) is 0.0667. The number of anilines is 1. The molecule has 0 spiro atoms. The van der Waals surface area contributed by atoms with E-state index in [9.17, 15) is 13.6 Å². The second-order valence-electron chi connectivity index (χ2n) is 4.24. The Morgan fingerprint density at radius 2 is 1.90 bits per heavy atom. The summed E-state index contributed by atoms with van der Waals surface area (Å²) in [6.07, 6.45) is 0. The van der Waals surface area contributed by atoms with Gasteiger partial charge in [-0.3, -0.25) is 0 Å². The first-order valence-electron chi connectivity index (χ1n) is 5.92. The lowest BCUT2D eigenvalue weighted by Gasteiger charge is -2.06. The van der Waals surface area contributed by atoms with Crippen LogP contribution in [-0.4, -0.2) is 5.97 Å². The summed E-state index contributed by atoms with van der Waals surface area (Å²) in [7, 11) is 0. The maximum atomic E-state index is 13.1. The van der Waals surface area contributed by atoms with Crippen LogP contribution in [0.2, 0.25) is 0 Å². The predicted octanol–water partition coefficient (Wildman–Crippen LogP) is 2.78. The largest absolute Gasteiger partial charge is 0.457 e. The molecule has 0 bridgehead atoms. The number of hydrogen-bond donors (Lipinski definition) is 1. The van der Waals surface area contributed by atoms with Crippen LogP contribution in [0.1, 0.15) is 21.5 Å². The van der Waals surface area contributed by atoms with E-state index in [1.54, 1.807) is 6.07 Å². The number of hydrogen-bond acceptors (Lipinski definition) is 4. The third kappa shape index (κ3) is 3.34. The molecule has 2 aromatic rings. The lowest BCUT2D eigenvalue weighted by molar-refractivity contribution is 0.0472. The van der Waals surface area contributed by atoms with Crippen molar-refractivity contribution in [2.75, 3.05) is 5.73 Å². The molecule has 106 valence electrons. The quantitative estimate of drug-likeness (QED) is 0.696. The number of nitrogen functional groups attached to an aromatic ring is 1. The molecule has 0 aliphatic carbocycles. The number of nitrogens with two attached hydrogens (primary N) is 1. The van der Waals surface area contributed by atoms with Crippen molar-refractivity contribution < 1.29 is 18.3 Å². The van der Waals surface area contributed by atoms with E-state index < -0.39 is 17.6 Å². The minimum atomic E-state index is -0.690. The van der Waals surface area contributed by atoms with Gasteiger partial charge < -0.3 is 10.5 Å². The van der Waals surface area contributed by atoms with Gasteiger partial charge in [-0.15, -0.1) is 0 Å². The monoisotopic (exact) mass is 288 g/mol. The molecule has 0 amide bonds. The summed E-state index contributed by atoms with van der Waals surface area (Å²) in [6.45, 7) is -0.134. The maximum absolute atomic E-state index is 13.1. The Labute approximate surface area is 119 Å². The number of rotatable bonds is 3. The molecular formula is C15H10F2N2O2. The second kappa shape index (κ2) is 6.01. The van der Waals surface area contributed by atoms with E-state index in [0.29, 0.717) is 5.56 Å². The maximum Gasteiger partial charge on any atom is 0.338 e. The smallest absolute Gasteiger partial charge is 0.338 e. The second-order valence-corrected chi connectivity index (χ2v) is 4.24. The third-order valence-corrected chi connectivity index (χ3v) is 2.75. The lowest BCUT2D eigenvalue weighted by atomic mass is 10.1. The molecule has 21 heavy (non-hydrogen) atoms. The zero-order chi connectivity index (χ0) is 15.4. The number of nitrogens with zero attached hydrogens (tertiary/aromatic N) is 1. The fourth-order valence-electron chi connectivity index (χ4n) is 1.65. The van der Waals surface area contributed by atoms with E-state index in [-0.39, 0.29) is 23.4 Å². The molecule has 0 fully saturated rings. The molecule has 0 aliphatic heterocycles. The Morgan fingerprint density at radius 1 is 1.19 bits per heavy atom. The van der Waals surface area contributed by atoms with Crippen LogP contribution in [0.5, 0.6) is 0 Å². The zero-order valence-corrected chi connectivity index (χ0v) is 10.8. The van der Waals surface area contributed by atoms with Crippen molar-refractivity contribution >= 4 is 11.7 Å². The van der Waals surface area contributed by atoms with Crippen LogP contribution >= 0.6 is 0 Å². The van der Waals surface area contributed by atoms with E-state index in [4.69, 9.17) is 15.7 Å². The fourth-order valence-corrected chi connectivity index (χ4v) is 1.65. The number of carbonyl (C=O) groups is 1. The molecule has 0 saturated heterocycles. The van der Waals surface area contributed by atoms with Crippen molar-refractivity contribution in [3.8, 4) is 6.07 Å². The molecule has 0 atom stereocenters. The molecule has 2 N–H and O–H groups in total. The van der Waals surface area contributed by atoms with Crippen LogP contribution in [0.25, 0.3) is 0 Å². The first-order valence-corrected chi connectivity index (χ1v) is 5.92. The molecule has 2 aromatic carbocycles. The summed E-state index contributed by atoms with van der Waals surface area (Å²) in [4.78, 5) is 11.8. The summed E-state index contributed by atoms with van der Waals surface area (Å²) in [5, 5.41) is 8.71. The van der Waals surface area contributed by atoms with Crippen LogP contribution in [0, 0.1) is 23.0 Å². The number of halogens is 2. The first kappa shape index (κ1) is 14.5. The number of ether oxygens (including phenoxy) is 1. The molecule has 2 rings (SSSR count). The van der Waals surface area contributed by atoms with Crippen LogP contribution in [0.4, 0.5) is 14.5 Å². The Hall–Kier alpha value is -2.94. The van der Waals surface area contributed by atoms with Gasteiger partial charge in [-0.05, 0) is 35.9 Å². The molecule has 0 heterocycles. The van der Waals surface area contributed by atoms with Gasteiger partial charge in [0.1, 0.15) is 24.3 Å². The van der Waals surface area contributed by atoms with Crippen LogP contribution < -0.4 is 5.73 Å². The highest BCUT2D eigenvalue weighted by Gasteiger charge is 2.10. The van der Waals surface area contributed by atoms with Gasteiger partial charge in [-0.2, -0.15) is 5.26 Å². The molecule has 0 radical (unpaired) electrons. The highest BCUT2D eigenvalue weighted by molar-refractivity contribution is 5.90. The normalized spacial score (nSPS) is 9.95. The SMILES string of the molecule is N#Cc1cc(COC(=O)c2ccc(F)c(N)c2)ccc1F. The van der Waals surface area contributed by atoms with Gasteiger partial charge >= 0.3 is 5.97 Å². The highest BCUT2D eigenvalue weighted by Crippen LogP contribution is 2.15. The van der Waals surface area contributed by atoms with Crippen molar-refractivity contribution in [3.05, 3.63) is 64.7 Å². The highest BCUT2D eigenvalue weighted by atomic mass is 19.1. The van der Waals surface area contributed by atoms with Gasteiger partial charge in [0.25, 0.3) is 0 Å². The minimum absolute atomic E-state index is 0.108. The van der Waals surface area contributed by atoms with Crippen LogP contribution in [-0.2, 0) is 11.3 Å². The molecule has 0 aliphatic rings. The van der Waals surface area contributed by atoms with E-state index in [0.717, 1.165) is 12.1 Å². The van der Waals surface area contributed by atoms with E-state index >= 15 is 0 Å². The van der Waals surface area contributed by atoms with Gasteiger partial charge in [0.15, 0.2) is 0 Å². The van der Waals surface area contributed by atoms with Crippen LogP contribution in [0.15, 0.2) is 36.4 Å². The van der Waals surface area contributed by atoms with Gasteiger partial charge in [0.05, 0.1) is 16.8 Å². The predicted molar refractivity (Wildman–Crippen MR) is 71.0 cm³/mol. The summed E-state index contributed by atoms with van der Waals surface area (Å²) in [6, 6.07) is 9.00. The van der Waals surface area contributed by atoms with Gasteiger partial charge in [0, 0.05) is 0 Å². The molecule has 0 aromatic heterocycles. The molecular weight excluding hydrogens is 278 g/mol. The Kier molecular flexibility index (Phi) is 4.14. The summed E-state index contributed by atoms with van der Waals surface area (Å²) in [5.41, 5.74) is 5.65. The first-order chi connectivity index (χ1) is 10.0. The molecule has 0 saturated carbocycles. The van der Waals surface area contributed by atoms with Crippen molar-refractivity contribution in [2.45, 2.75) is 6.61 Å². The van der Waals surface area contributed by atoms with Crippen molar-refractivity contribution in [3.63, 3.8) is 0 Å². The van der Waals surface area contributed by atoms with Crippen molar-refractivity contribution in [1.29, 1.82) is 5.26 Å². The topological polar surface area (TPSA) is 76.1 Å². The van der Waals surface area contributed by atoms with Gasteiger partial charge in [-0.1, -0.05) is 6.07 Å². The van der Waals surface area contributed by atoms with Crippen molar-refractivity contribution in [1.82, 2.24) is 0 Å². The summed E-state index contributed by atoms with van der Waals surface area (Å²) >= 11 is 0. The number of benzene rings is 2. The lowest BCUT2D eigenvalue weighted by Crippen LogP contribution is -2.06. The Balaban J connectivity index is 2.07. The number of nitriles is 1. The van der Waals surface area contributed by atoms with Gasteiger partial charge in [-0.25, -0.2) is 13.6 Å². The number of carbonyl (C=O) groups excluding carboxylic acids is 1. The molecule has 6 heteroatoms. The summed E-state index contributed by atoms with van der Waals surface area (Å²) in [5.74, 6) is -1.95. The van der Waals surface area contributed by atoms with E-state index in [2.05, 4.69) is 0 Å². The average Bonchev–Trinajstić information content (AvgIpc) is 2.48. The molecule has 0 unspecified atom stereocenters.